The quantitative estimate of drug-likeness (QED) is 0.389. The molecular formula is C10H22BO4PS2. The summed E-state index contributed by atoms with van der Waals surface area (Å²) in [6.07, 6.45) is 1.88. The van der Waals surface area contributed by atoms with Gasteiger partial charge in [0.1, 0.15) is 7.85 Å². The summed E-state index contributed by atoms with van der Waals surface area (Å²) in [5.41, 5.74) is 0. The van der Waals surface area contributed by atoms with Gasteiger partial charge in [-0.3, -0.25) is 4.57 Å². The zero-order chi connectivity index (χ0) is 13.4. The molecule has 0 amide bonds. The van der Waals surface area contributed by atoms with Crippen LogP contribution >= 0.6 is 29.8 Å². The van der Waals surface area contributed by atoms with Crippen molar-refractivity contribution in [2.75, 3.05) is 18.1 Å². The maximum Gasteiger partial charge on any atom is 0.319 e. The number of hydrogen-bond acceptors (Lipinski definition) is 6. The lowest BCUT2D eigenvalue weighted by Crippen LogP contribution is -2.23. The molecule has 0 aromatic carbocycles. The van der Waals surface area contributed by atoms with Gasteiger partial charge in [-0.2, -0.15) is 0 Å². The Kier molecular flexibility index (Phi) is 9.15. The molecule has 8 heteroatoms. The summed E-state index contributed by atoms with van der Waals surface area (Å²) in [7, 11) is 3.21. The predicted octanol–water partition coefficient (Wildman–Crippen LogP) is 2.34. The average molecular weight is 312 g/mol. The van der Waals surface area contributed by atoms with Crippen LogP contribution in [0.1, 0.15) is 26.7 Å². The first-order valence-electron chi connectivity index (χ1n) is 6.35. The minimum absolute atomic E-state index is 0.00108. The summed E-state index contributed by atoms with van der Waals surface area (Å²) in [5.74, 6) is 1.95. The molecular weight excluding hydrogens is 290 g/mol. The van der Waals surface area contributed by atoms with Crippen molar-refractivity contribution in [2.24, 2.45) is 0 Å². The fraction of sp³-hybridized carbons (Fsp3) is 1.00. The maximum absolute atomic E-state index is 11.7. The molecule has 1 rings (SSSR count). The molecule has 1 fully saturated rings. The van der Waals surface area contributed by atoms with Crippen molar-refractivity contribution in [3.8, 4) is 0 Å². The van der Waals surface area contributed by atoms with Gasteiger partial charge in [0.2, 0.25) is 0 Å². The molecule has 0 aromatic rings. The van der Waals surface area contributed by atoms with Gasteiger partial charge in [-0.05, 0) is 19.8 Å². The second kappa shape index (κ2) is 9.73. The number of rotatable bonds is 8. The van der Waals surface area contributed by atoms with Gasteiger partial charge in [0.05, 0.1) is 18.8 Å². The van der Waals surface area contributed by atoms with E-state index < -0.39 is 8.25 Å². The van der Waals surface area contributed by atoms with Crippen molar-refractivity contribution in [2.45, 2.75) is 44.9 Å². The van der Waals surface area contributed by atoms with E-state index in [0.717, 1.165) is 24.3 Å². The van der Waals surface area contributed by atoms with E-state index >= 15 is 0 Å². The topological polar surface area (TPSA) is 44.8 Å². The molecule has 0 radical (unpaired) electrons. The third-order valence-corrected chi connectivity index (χ3v) is 5.84. The molecule has 18 heavy (non-hydrogen) atoms. The fourth-order valence-corrected chi connectivity index (χ4v) is 4.84. The van der Waals surface area contributed by atoms with E-state index in [1.54, 1.807) is 10.8 Å². The smallest absolute Gasteiger partial charge is 0.319 e. The lowest BCUT2D eigenvalue weighted by Gasteiger charge is -2.22. The molecule has 1 heterocycles. The molecule has 0 aromatic heterocycles. The summed E-state index contributed by atoms with van der Waals surface area (Å²) in [6.45, 7) is 4.36. The minimum atomic E-state index is -2.38. The van der Waals surface area contributed by atoms with Crippen LogP contribution in [0, 0.1) is 0 Å². The van der Waals surface area contributed by atoms with Crippen LogP contribution in [0.2, 0.25) is 0 Å². The van der Waals surface area contributed by atoms with Crippen LogP contribution in [0.4, 0.5) is 0 Å². The molecule has 0 bridgehead atoms. The van der Waals surface area contributed by atoms with Gasteiger partial charge < -0.3 is 13.8 Å². The highest BCUT2D eigenvalue weighted by molar-refractivity contribution is 8.76. The molecule has 1 saturated heterocycles. The van der Waals surface area contributed by atoms with E-state index in [4.69, 9.17) is 13.8 Å². The number of hydrogen-bond donors (Lipinski definition) is 0. The largest absolute Gasteiger partial charge is 0.382 e. The molecule has 4 nitrogen and oxygen atoms in total. The third-order valence-electron chi connectivity index (χ3n) is 2.43. The van der Waals surface area contributed by atoms with Gasteiger partial charge in [-0.1, -0.05) is 28.5 Å². The van der Waals surface area contributed by atoms with Crippen molar-refractivity contribution in [1.29, 1.82) is 0 Å². The highest BCUT2D eigenvalue weighted by Crippen LogP contribution is 2.36. The van der Waals surface area contributed by atoms with Gasteiger partial charge in [0.25, 0.3) is 0 Å². The SMILES string of the molecule is BC(C)OC(CC)CO[PH](=O)OC1CCSSC1. The van der Waals surface area contributed by atoms with E-state index in [1.165, 1.54) is 0 Å². The first-order valence-corrected chi connectivity index (χ1v) is 10.1. The molecule has 4 unspecified atom stereocenters. The Labute approximate surface area is 119 Å². The Morgan fingerprint density at radius 2 is 2.28 bits per heavy atom. The second-order valence-electron chi connectivity index (χ2n) is 4.41. The average Bonchev–Trinajstić information content (AvgIpc) is 2.35. The molecule has 0 aliphatic carbocycles. The van der Waals surface area contributed by atoms with Crippen LogP contribution in [0.25, 0.3) is 0 Å². The Morgan fingerprint density at radius 3 is 2.83 bits per heavy atom. The fourth-order valence-electron chi connectivity index (χ4n) is 1.51. The minimum Gasteiger partial charge on any atom is -0.382 e. The van der Waals surface area contributed by atoms with E-state index in [-0.39, 0.29) is 18.2 Å². The molecule has 4 atom stereocenters. The van der Waals surface area contributed by atoms with Gasteiger partial charge in [0.15, 0.2) is 0 Å². The third kappa shape index (κ3) is 7.46. The summed E-state index contributed by atoms with van der Waals surface area (Å²) < 4.78 is 28.0. The van der Waals surface area contributed by atoms with Crippen LogP contribution in [0.5, 0.6) is 0 Å². The summed E-state index contributed by atoms with van der Waals surface area (Å²) >= 11 is 0. The van der Waals surface area contributed by atoms with E-state index in [9.17, 15) is 4.57 Å². The second-order valence-corrected chi connectivity index (χ2v) is 8.06. The van der Waals surface area contributed by atoms with Gasteiger partial charge in [-0.25, -0.2) is 0 Å². The van der Waals surface area contributed by atoms with Crippen LogP contribution in [0.15, 0.2) is 0 Å². The lowest BCUT2D eigenvalue weighted by atomic mass is 10.0. The predicted molar refractivity (Wildman–Crippen MR) is 82.5 cm³/mol. The van der Waals surface area contributed by atoms with E-state index in [1.807, 2.05) is 32.5 Å². The van der Waals surface area contributed by atoms with Crippen LogP contribution < -0.4 is 0 Å². The summed E-state index contributed by atoms with van der Waals surface area (Å²) in [4.78, 5) is 0. The highest BCUT2D eigenvalue weighted by atomic mass is 33.1. The molecule has 106 valence electrons. The molecule has 0 saturated carbocycles. The number of ether oxygens (including phenoxy) is 1. The Hall–Kier alpha value is 0.875. The zero-order valence-electron chi connectivity index (χ0n) is 11.2. The van der Waals surface area contributed by atoms with Crippen LogP contribution in [-0.4, -0.2) is 44.2 Å². The van der Waals surface area contributed by atoms with Crippen LogP contribution in [0.3, 0.4) is 0 Å². The van der Waals surface area contributed by atoms with Gasteiger partial charge >= 0.3 is 8.25 Å². The molecule has 1 aliphatic rings. The van der Waals surface area contributed by atoms with Gasteiger partial charge in [0, 0.05) is 17.5 Å². The summed E-state index contributed by atoms with van der Waals surface area (Å²) in [6, 6.07) is 0.161. The van der Waals surface area contributed by atoms with E-state index in [2.05, 4.69) is 0 Å². The van der Waals surface area contributed by atoms with Crippen molar-refractivity contribution in [3.05, 3.63) is 0 Å². The zero-order valence-corrected chi connectivity index (χ0v) is 13.9. The van der Waals surface area contributed by atoms with Crippen molar-refractivity contribution < 1.29 is 18.3 Å². The standard InChI is InChI=1S/C10H22BO4PS2/c1-3-9(14-8(2)11)6-13-16(12)15-10-4-5-17-18-7-10/h8-10,16H,3-7,11H2,1-2H3. The maximum atomic E-state index is 11.7. The lowest BCUT2D eigenvalue weighted by molar-refractivity contribution is 0.00363. The first-order chi connectivity index (χ1) is 8.61. The van der Waals surface area contributed by atoms with E-state index in [0.29, 0.717) is 6.61 Å². The van der Waals surface area contributed by atoms with Gasteiger partial charge in [-0.15, -0.1) is 0 Å². The normalized spacial score (nSPS) is 25.6. The van der Waals surface area contributed by atoms with Crippen LogP contribution in [-0.2, 0) is 18.3 Å². The Morgan fingerprint density at radius 1 is 1.50 bits per heavy atom. The van der Waals surface area contributed by atoms with Crippen molar-refractivity contribution in [3.63, 3.8) is 0 Å². The van der Waals surface area contributed by atoms with Crippen molar-refractivity contribution >= 4 is 37.7 Å². The summed E-state index contributed by atoms with van der Waals surface area (Å²) in [5, 5.41) is 0. The highest BCUT2D eigenvalue weighted by Gasteiger charge is 2.18. The molecule has 1 aliphatic heterocycles. The molecule has 0 spiro atoms. The Balaban J connectivity index is 2.18. The molecule has 0 N–H and O–H groups in total. The first kappa shape index (κ1) is 16.9. The monoisotopic (exact) mass is 312 g/mol. The van der Waals surface area contributed by atoms with Crippen molar-refractivity contribution in [1.82, 2.24) is 0 Å². The Bertz CT molecular complexity index is 252.